The normalized spacial score (nSPS) is 10.6. The van der Waals surface area contributed by atoms with Gasteiger partial charge in [-0.3, -0.25) is 15.5 Å². The average Bonchev–Trinajstić information content (AvgIpc) is 2.52. The summed E-state index contributed by atoms with van der Waals surface area (Å²) in [6, 6.07) is 10.4. The first-order valence-electron chi connectivity index (χ1n) is 6.98. The molecule has 2 N–H and O–H groups in total. The first-order chi connectivity index (χ1) is 11.4. The molecule has 124 valence electrons. The van der Waals surface area contributed by atoms with Gasteiger partial charge in [-0.2, -0.15) is 5.10 Å². The van der Waals surface area contributed by atoms with Gasteiger partial charge in [-0.1, -0.05) is 35.9 Å². The van der Waals surface area contributed by atoms with Crippen LogP contribution in [0.15, 0.2) is 41.5 Å². The van der Waals surface area contributed by atoms with Crippen molar-refractivity contribution in [3.63, 3.8) is 0 Å². The third-order valence-electron chi connectivity index (χ3n) is 3.27. The number of nitrogens with one attached hydrogen (secondary N) is 2. The Morgan fingerprint density at radius 2 is 1.96 bits per heavy atom. The average molecular weight is 363 g/mol. The van der Waals surface area contributed by atoms with Crippen LogP contribution in [0.1, 0.15) is 16.7 Å². The van der Waals surface area contributed by atoms with Crippen LogP contribution in [0, 0.1) is 24.0 Å². The quantitative estimate of drug-likeness (QED) is 0.369. The number of benzene rings is 2. The van der Waals surface area contributed by atoms with Crippen molar-refractivity contribution >= 4 is 46.5 Å². The molecule has 0 aromatic heterocycles. The summed E-state index contributed by atoms with van der Waals surface area (Å²) in [4.78, 5) is 10.3. The molecule has 0 fully saturated rings. The Balaban J connectivity index is 2.03. The van der Waals surface area contributed by atoms with E-state index in [1.807, 2.05) is 32.0 Å². The Kier molecular flexibility index (Phi) is 5.83. The van der Waals surface area contributed by atoms with E-state index in [4.69, 9.17) is 23.8 Å². The molecule has 0 amide bonds. The summed E-state index contributed by atoms with van der Waals surface area (Å²) in [6.45, 7) is 3.96. The monoisotopic (exact) mass is 362 g/mol. The fraction of sp³-hybridized carbons (Fsp3) is 0.125. The first kappa shape index (κ1) is 17.8. The standard InChI is InChI=1S/C16H15ClN4O2S/c1-10-4-3-5-11(2)15(10)19-16(24)20-18-9-12-6-7-13(17)14(8-12)21(22)23/h3-9H,1-2H3,(H2,19,20,24). The molecule has 24 heavy (non-hydrogen) atoms. The van der Waals surface area contributed by atoms with Gasteiger partial charge in [0.15, 0.2) is 5.11 Å². The lowest BCUT2D eigenvalue weighted by atomic mass is 10.1. The second-order valence-corrected chi connectivity index (χ2v) is 5.87. The van der Waals surface area contributed by atoms with E-state index in [1.165, 1.54) is 18.3 Å². The number of aryl methyl sites for hydroxylation is 2. The smallest absolute Gasteiger partial charge is 0.288 e. The molecule has 2 aromatic rings. The van der Waals surface area contributed by atoms with Crippen LogP contribution in [0.25, 0.3) is 0 Å². The van der Waals surface area contributed by atoms with Crippen LogP contribution in [0.3, 0.4) is 0 Å². The van der Waals surface area contributed by atoms with E-state index in [2.05, 4.69) is 15.8 Å². The molecule has 2 rings (SSSR count). The van der Waals surface area contributed by atoms with Crippen LogP contribution in [0.5, 0.6) is 0 Å². The van der Waals surface area contributed by atoms with Crippen molar-refractivity contribution in [2.24, 2.45) is 5.10 Å². The molecular weight excluding hydrogens is 348 g/mol. The Morgan fingerprint density at radius 3 is 2.58 bits per heavy atom. The van der Waals surface area contributed by atoms with Crippen LogP contribution in [-0.4, -0.2) is 16.3 Å². The number of nitro groups is 1. The van der Waals surface area contributed by atoms with Crippen molar-refractivity contribution in [1.29, 1.82) is 0 Å². The number of para-hydroxylation sites is 1. The van der Waals surface area contributed by atoms with Gasteiger partial charge >= 0.3 is 0 Å². The summed E-state index contributed by atoms with van der Waals surface area (Å²) in [5.41, 5.74) is 6.11. The Bertz CT molecular complexity index is 803. The highest BCUT2D eigenvalue weighted by Gasteiger charge is 2.11. The molecule has 0 spiro atoms. The highest BCUT2D eigenvalue weighted by atomic mass is 35.5. The van der Waals surface area contributed by atoms with Gasteiger partial charge in [0.05, 0.1) is 11.1 Å². The summed E-state index contributed by atoms with van der Waals surface area (Å²) in [7, 11) is 0. The zero-order chi connectivity index (χ0) is 17.7. The number of thiocarbonyl (C=S) groups is 1. The third-order valence-corrected chi connectivity index (χ3v) is 3.78. The zero-order valence-electron chi connectivity index (χ0n) is 13.0. The number of hydrazone groups is 1. The summed E-state index contributed by atoms with van der Waals surface area (Å²) in [6.07, 6.45) is 1.43. The number of anilines is 1. The topological polar surface area (TPSA) is 79.6 Å². The number of nitrogens with zero attached hydrogens (tertiary/aromatic N) is 2. The Labute approximate surface area is 149 Å². The van der Waals surface area contributed by atoms with Gasteiger partial charge in [0.1, 0.15) is 5.02 Å². The van der Waals surface area contributed by atoms with E-state index in [1.54, 1.807) is 6.07 Å². The molecule has 6 nitrogen and oxygen atoms in total. The van der Waals surface area contributed by atoms with E-state index >= 15 is 0 Å². The summed E-state index contributed by atoms with van der Waals surface area (Å²) in [5, 5.41) is 18.3. The molecule has 0 aliphatic carbocycles. The summed E-state index contributed by atoms with van der Waals surface area (Å²) in [5.74, 6) is 0. The minimum atomic E-state index is -0.541. The van der Waals surface area contributed by atoms with Gasteiger partial charge in [0.25, 0.3) is 5.69 Å². The Hall–Kier alpha value is -2.51. The Morgan fingerprint density at radius 1 is 1.29 bits per heavy atom. The maximum absolute atomic E-state index is 10.9. The van der Waals surface area contributed by atoms with E-state index in [-0.39, 0.29) is 10.7 Å². The van der Waals surface area contributed by atoms with Gasteiger partial charge in [-0.15, -0.1) is 0 Å². The SMILES string of the molecule is Cc1cccc(C)c1NC(=S)NN=Cc1ccc(Cl)c([N+](=O)[O-])c1. The predicted octanol–water partition coefficient (Wildman–Crippen LogP) is 4.19. The van der Waals surface area contributed by atoms with Crippen molar-refractivity contribution in [2.45, 2.75) is 13.8 Å². The fourth-order valence-electron chi connectivity index (χ4n) is 2.07. The molecule has 0 aliphatic rings. The van der Waals surface area contributed by atoms with Crippen molar-refractivity contribution in [2.75, 3.05) is 5.32 Å². The van der Waals surface area contributed by atoms with Crippen LogP contribution < -0.4 is 10.7 Å². The minimum absolute atomic E-state index is 0.0809. The van der Waals surface area contributed by atoms with Gasteiger partial charge in [-0.25, -0.2) is 0 Å². The number of rotatable bonds is 4. The third kappa shape index (κ3) is 4.50. The number of nitro benzene ring substituents is 1. The minimum Gasteiger partial charge on any atom is -0.331 e. The maximum atomic E-state index is 10.9. The summed E-state index contributed by atoms with van der Waals surface area (Å²) >= 11 is 11.0. The van der Waals surface area contributed by atoms with Crippen molar-refractivity contribution < 1.29 is 4.92 Å². The van der Waals surface area contributed by atoms with E-state index in [0.717, 1.165) is 16.8 Å². The van der Waals surface area contributed by atoms with Crippen LogP contribution in [-0.2, 0) is 0 Å². The second-order valence-electron chi connectivity index (χ2n) is 5.06. The lowest BCUT2D eigenvalue weighted by molar-refractivity contribution is -0.384. The number of halogens is 1. The molecule has 0 atom stereocenters. The fourth-order valence-corrected chi connectivity index (χ4v) is 2.41. The molecule has 8 heteroatoms. The molecule has 0 radical (unpaired) electrons. The molecular formula is C16H15ClN4O2S. The largest absolute Gasteiger partial charge is 0.331 e. The molecule has 0 heterocycles. The molecule has 0 unspecified atom stereocenters. The van der Waals surface area contributed by atoms with Gasteiger partial charge in [0.2, 0.25) is 0 Å². The highest BCUT2D eigenvalue weighted by molar-refractivity contribution is 7.80. The van der Waals surface area contributed by atoms with Crippen molar-refractivity contribution in [3.8, 4) is 0 Å². The van der Waals surface area contributed by atoms with E-state index in [0.29, 0.717) is 10.7 Å². The lowest BCUT2D eigenvalue weighted by Crippen LogP contribution is -2.24. The lowest BCUT2D eigenvalue weighted by Gasteiger charge is -2.12. The van der Waals surface area contributed by atoms with Crippen molar-refractivity contribution in [1.82, 2.24) is 5.43 Å². The van der Waals surface area contributed by atoms with Crippen molar-refractivity contribution in [3.05, 3.63) is 68.2 Å². The molecule has 0 saturated heterocycles. The molecule has 2 aromatic carbocycles. The molecule has 0 saturated carbocycles. The molecule has 0 bridgehead atoms. The highest BCUT2D eigenvalue weighted by Crippen LogP contribution is 2.24. The number of hydrogen-bond acceptors (Lipinski definition) is 4. The van der Waals surface area contributed by atoms with E-state index < -0.39 is 4.92 Å². The van der Waals surface area contributed by atoms with Gasteiger partial charge in [0, 0.05) is 17.3 Å². The van der Waals surface area contributed by atoms with Gasteiger partial charge < -0.3 is 5.32 Å². The summed E-state index contributed by atoms with van der Waals surface area (Å²) < 4.78 is 0. The second kappa shape index (κ2) is 7.85. The predicted molar refractivity (Wildman–Crippen MR) is 101 cm³/mol. The molecule has 0 aliphatic heterocycles. The first-order valence-corrected chi connectivity index (χ1v) is 7.77. The maximum Gasteiger partial charge on any atom is 0.288 e. The number of hydrogen-bond donors (Lipinski definition) is 2. The van der Waals surface area contributed by atoms with Crippen LogP contribution >= 0.6 is 23.8 Å². The van der Waals surface area contributed by atoms with E-state index in [9.17, 15) is 10.1 Å². The van der Waals surface area contributed by atoms with Gasteiger partial charge in [-0.05, 0) is 43.3 Å². The zero-order valence-corrected chi connectivity index (χ0v) is 14.6. The van der Waals surface area contributed by atoms with Crippen LogP contribution in [0.2, 0.25) is 5.02 Å². The van der Waals surface area contributed by atoms with Crippen LogP contribution in [0.4, 0.5) is 11.4 Å².